The maximum absolute atomic E-state index is 5.85. The van der Waals surface area contributed by atoms with Crippen molar-refractivity contribution >= 4 is 0 Å². The Hall–Kier alpha value is -0.700. The van der Waals surface area contributed by atoms with E-state index < -0.39 is 0 Å². The van der Waals surface area contributed by atoms with Gasteiger partial charge < -0.3 is 10.7 Å². The number of hydrogen-bond acceptors (Lipinski definition) is 3. The standard InChI is InChI=1S/C9H21N3/c1-5-8(10)9(7(3)4)12(11)6-2/h7H,5-6,10-11H2,1-4H3/b9-8-. The molecule has 0 aliphatic heterocycles. The Morgan fingerprint density at radius 1 is 1.33 bits per heavy atom. The Kier molecular flexibility index (Phi) is 4.74. The molecule has 0 bridgehead atoms. The molecule has 0 atom stereocenters. The molecule has 0 aromatic rings. The van der Waals surface area contributed by atoms with Gasteiger partial charge in [-0.05, 0) is 19.3 Å². The fourth-order valence-electron chi connectivity index (χ4n) is 1.24. The number of hydrogen-bond donors (Lipinski definition) is 2. The summed E-state index contributed by atoms with van der Waals surface area (Å²) in [5, 5.41) is 1.73. The second kappa shape index (κ2) is 5.04. The van der Waals surface area contributed by atoms with Crippen molar-refractivity contribution in [1.29, 1.82) is 0 Å². The molecule has 4 N–H and O–H groups in total. The van der Waals surface area contributed by atoms with Crippen molar-refractivity contribution in [3.05, 3.63) is 11.4 Å². The SMILES string of the molecule is CC/C(N)=C(\C(C)C)N(N)CC. The average molecular weight is 171 g/mol. The molecule has 0 saturated heterocycles. The van der Waals surface area contributed by atoms with Crippen LogP contribution in [0.25, 0.3) is 0 Å². The zero-order valence-corrected chi connectivity index (χ0v) is 8.59. The van der Waals surface area contributed by atoms with Gasteiger partial charge in [-0.1, -0.05) is 20.8 Å². The van der Waals surface area contributed by atoms with Crippen LogP contribution in [-0.4, -0.2) is 11.6 Å². The number of rotatable bonds is 4. The second-order valence-corrected chi connectivity index (χ2v) is 3.20. The van der Waals surface area contributed by atoms with E-state index >= 15 is 0 Å². The minimum atomic E-state index is 0.398. The van der Waals surface area contributed by atoms with Gasteiger partial charge in [0.1, 0.15) is 0 Å². The lowest BCUT2D eigenvalue weighted by Gasteiger charge is -2.25. The minimum absolute atomic E-state index is 0.398. The van der Waals surface area contributed by atoms with Gasteiger partial charge in [0.05, 0.1) is 5.70 Å². The molecule has 0 aliphatic rings. The molecule has 0 amide bonds. The highest BCUT2D eigenvalue weighted by Crippen LogP contribution is 2.15. The molecular weight excluding hydrogens is 150 g/mol. The van der Waals surface area contributed by atoms with Crippen molar-refractivity contribution in [2.24, 2.45) is 17.5 Å². The van der Waals surface area contributed by atoms with Crippen LogP contribution in [0.15, 0.2) is 11.4 Å². The highest BCUT2D eigenvalue weighted by atomic mass is 15.4. The van der Waals surface area contributed by atoms with Gasteiger partial charge >= 0.3 is 0 Å². The first-order valence-corrected chi connectivity index (χ1v) is 4.55. The summed E-state index contributed by atoms with van der Waals surface area (Å²) < 4.78 is 0. The Bertz CT molecular complexity index is 161. The summed E-state index contributed by atoms with van der Waals surface area (Å²) in [4.78, 5) is 0. The maximum atomic E-state index is 5.85. The molecule has 0 aliphatic carbocycles. The fraction of sp³-hybridized carbons (Fsp3) is 0.778. The Morgan fingerprint density at radius 2 is 1.83 bits per heavy atom. The smallest absolute Gasteiger partial charge is 0.0503 e. The van der Waals surface area contributed by atoms with E-state index in [1.54, 1.807) is 5.01 Å². The van der Waals surface area contributed by atoms with E-state index in [0.717, 1.165) is 24.4 Å². The minimum Gasteiger partial charge on any atom is -0.401 e. The topological polar surface area (TPSA) is 55.3 Å². The molecule has 3 nitrogen and oxygen atoms in total. The quantitative estimate of drug-likeness (QED) is 0.497. The summed E-state index contributed by atoms with van der Waals surface area (Å²) in [6, 6.07) is 0. The van der Waals surface area contributed by atoms with Crippen LogP contribution in [-0.2, 0) is 0 Å². The summed E-state index contributed by atoms with van der Waals surface area (Å²) in [5.74, 6) is 6.19. The van der Waals surface area contributed by atoms with Crippen molar-refractivity contribution in [3.8, 4) is 0 Å². The van der Waals surface area contributed by atoms with Crippen molar-refractivity contribution in [2.45, 2.75) is 34.1 Å². The monoisotopic (exact) mass is 171 g/mol. The van der Waals surface area contributed by atoms with Gasteiger partial charge in [-0.15, -0.1) is 0 Å². The van der Waals surface area contributed by atoms with E-state index in [-0.39, 0.29) is 0 Å². The lowest BCUT2D eigenvalue weighted by Crippen LogP contribution is -2.34. The normalized spacial score (nSPS) is 13.2. The zero-order chi connectivity index (χ0) is 9.72. The Balaban J connectivity index is 4.65. The van der Waals surface area contributed by atoms with Crippen LogP contribution in [0.5, 0.6) is 0 Å². The first-order valence-electron chi connectivity index (χ1n) is 4.55. The van der Waals surface area contributed by atoms with Gasteiger partial charge in [-0.25, -0.2) is 5.84 Å². The molecule has 0 radical (unpaired) electrons. The van der Waals surface area contributed by atoms with Crippen LogP contribution in [0.1, 0.15) is 34.1 Å². The van der Waals surface area contributed by atoms with Gasteiger partial charge in [-0.3, -0.25) is 0 Å². The molecule has 3 heteroatoms. The number of nitrogens with zero attached hydrogens (tertiary/aromatic N) is 1. The molecule has 0 unspecified atom stereocenters. The van der Waals surface area contributed by atoms with Crippen molar-refractivity contribution in [2.75, 3.05) is 6.54 Å². The summed E-state index contributed by atoms with van der Waals surface area (Å²) in [7, 11) is 0. The third kappa shape index (κ3) is 2.74. The highest BCUT2D eigenvalue weighted by molar-refractivity contribution is 5.10. The molecule has 12 heavy (non-hydrogen) atoms. The number of allylic oxidation sites excluding steroid dienone is 2. The van der Waals surface area contributed by atoms with Crippen LogP contribution in [0, 0.1) is 5.92 Å². The number of nitrogens with two attached hydrogens (primary N) is 2. The van der Waals surface area contributed by atoms with Crippen LogP contribution < -0.4 is 11.6 Å². The van der Waals surface area contributed by atoms with Gasteiger partial charge in [0, 0.05) is 12.2 Å². The summed E-state index contributed by atoms with van der Waals surface area (Å²) in [6.45, 7) is 9.07. The van der Waals surface area contributed by atoms with Crippen LogP contribution in [0.3, 0.4) is 0 Å². The Morgan fingerprint density at radius 3 is 2.08 bits per heavy atom. The van der Waals surface area contributed by atoms with Crippen LogP contribution in [0.4, 0.5) is 0 Å². The fourth-order valence-corrected chi connectivity index (χ4v) is 1.24. The molecule has 0 aromatic carbocycles. The summed E-state index contributed by atoms with van der Waals surface area (Å²) in [6.07, 6.45) is 0.862. The third-order valence-corrected chi connectivity index (χ3v) is 1.91. The third-order valence-electron chi connectivity index (χ3n) is 1.91. The van der Waals surface area contributed by atoms with E-state index in [2.05, 4.69) is 13.8 Å². The van der Waals surface area contributed by atoms with E-state index in [4.69, 9.17) is 11.6 Å². The average Bonchev–Trinajstić information content (AvgIpc) is 2.03. The largest absolute Gasteiger partial charge is 0.401 e. The van der Waals surface area contributed by atoms with Gasteiger partial charge in [0.25, 0.3) is 0 Å². The van der Waals surface area contributed by atoms with E-state index in [1.165, 1.54) is 0 Å². The molecule has 0 rings (SSSR count). The van der Waals surface area contributed by atoms with Gasteiger partial charge in [0.15, 0.2) is 0 Å². The molecule has 0 spiro atoms. The molecule has 0 aromatic heterocycles. The summed E-state index contributed by atoms with van der Waals surface area (Å²) >= 11 is 0. The van der Waals surface area contributed by atoms with Crippen molar-refractivity contribution in [1.82, 2.24) is 5.01 Å². The van der Waals surface area contributed by atoms with Gasteiger partial charge in [0.2, 0.25) is 0 Å². The zero-order valence-electron chi connectivity index (χ0n) is 8.59. The predicted octanol–water partition coefficient (Wildman–Crippen LogP) is 1.42. The summed E-state index contributed by atoms with van der Waals surface area (Å²) in [5.41, 5.74) is 7.82. The predicted molar refractivity (Wildman–Crippen MR) is 52.9 cm³/mol. The molecule has 0 saturated carbocycles. The maximum Gasteiger partial charge on any atom is 0.0503 e. The van der Waals surface area contributed by atoms with E-state index in [1.807, 2.05) is 13.8 Å². The molecule has 72 valence electrons. The Labute approximate surface area is 75.4 Å². The highest BCUT2D eigenvalue weighted by Gasteiger charge is 2.11. The van der Waals surface area contributed by atoms with Crippen molar-refractivity contribution < 1.29 is 0 Å². The second-order valence-electron chi connectivity index (χ2n) is 3.20. The lowest BCUT2D eigenvalue weighted by molar-refractivity contribution is 0.333. The molecular formula is C9H21N3. The first-order chi connectivity index (χ1) is 5.54. The van der Waals surface area contributed by atoms with Crippen LogP contribution in [0.2, 0.25) is 0 Å². The van der Waals surface area contributed by atoms with Crippen LogP contribution >= 0.6 is 0 Å². The van der Waals surface area contributed by atoms with Gasteiger partial charge in [-0.2, -0.15) is 0 Å². The lowest BCUT2D eigenvalue weighted by atomic mass is 10.1. The molecule has 0 fully saturated rings. The number of hydrazine groups is 1. The van der Waals surface area contributed by atoms with E-state index in [9.17, 15) is 0 Å². The van der Waals surface area contributed by atoms with Crippen molar-refractivity contribution in [3.63, 3.8) is 0 Å². The first kappa shape index (κ1) is 11.3. The molecule has 0 heterocycles. The van der Waals surface area contributed by atoms with E-state index in [0.29, 0.717) is 5.92 Å².